The first kappa shape index (κ1) is 60.8. The molecule has 10 rings (SSSR count). The van der Waals surface area contributed by atoms with Gasteiger partial charge in [-0.15, -0.1) is 13.2 Å². The van der Waals surface area contributed by atoms with E-state index >= 15 is 0 Å². The first-order valence-electron chi connectivity index (χ1n) is 29.0. The molecule has 0 aromatic heterocycles. The van der Waals surface area contributed by atoms with Gasteiger partial charge in [-0.25, -0.2) is 9.59 Å². The maximum atomic E-state index is 13.6. The number of aliphatic hydroxyl groups excluding tert-OH is 2. The van der Waals surface area contributed by atoms with Crippen LogP contribution < -0.4 is 26.1 Å². The first-order valence-corrected chi connectivity index (χ1v) is 29.7. The Morgan fingerprint density at radius 2 is 1.09 bits per heavy atom. The third-order valence-corrected chi connectivity index (χ3v) is 23.4. The molecule has 6 fully saturated rings. The number of nitrogens with two attached hydrogens (primary N) is 1. The van der Waals surface area contributed by atoms with Crippen LogP contribution in [0.15, 0.2) is 37.4 Å². The predicted molar refractivity (Wildman–Crippen MR) is 305 cm³/mol. The highest BCUT2D eigenvalue weighted by atomic mass is 35.5. The van der Waals surface area contributed by atoms with Crippen molar-refractivity contribution in [1.29, 1.82) is 0 Å². The molecule has 6 N–H and O–H groups in total. The molecule has 2 aromatic carbocycles. The van der Waals surface area contributed by atoms with E-state index in [0.29, 0.717) is 54.3 Å². The van der Waals surface area contributed by atoms with Gasteiger partial charge in [0.25, 0.3) is 0 Å². The van der Waals surface area contributed by atoms with Crippen molar-refractivity contribution in [2.75, 3.05) is 13.2 Å². The third kappa shape index (κ3) is 9.54. The fraction of sp³-hybridized carbons (Fsp3) is 0.672. The van der Waals surface area contributed by atoms with Crippen molar-refractivity contribution in [1.82, 2.24) is 0 Å². The molecule has 4 bridgehead atoms. The quantitative estimate of drug-likeness (QED) is 0.0779. The highest BCUT2D eigenvalue weighted by Gasteiger charge is 2.70. The van der Waals surface area contributed by atoms with Crippen molar-refractivity contribution in [2.45, 2.75) is 177 Å². The number of fused-ring (bicyclic) bond motifs is 2. The minimum Gasteiger partial charge on any atom is -0.480 e. The van der Waals surface area contributed by atoms with Crippen molar-refractivity contribution < 1.29 is 67.7 Å². The van der Waals surface area contributed by atoms with E-state index in [2.05, 4.69) is 54.7 Å². The van der Waals surface area contributed by atoms with E-state index in [1.807, 2.05) is 20.8 Å². The summed E-state index contributed by atoms with van der Waals surface area (Å²) in [5, 5.41) is 44.3. The maximum absolute atomic E-state index is 13.6. The third-order valence-electron chi connectivity index (χ3n) is 22.6. The summed E-state index contributed by atoms with van der Waals surface area (Å²) >= 11 is 13.1. The van der Waals surface area contributed by atoms with E-state index in [4.69, 9.17) is 57.2 Å². The lowest BCUT2D eigenvalue weighted by molar-refractivity contribution is -0.207. The molecule has 0 amide bonds. The van der Waals surface area contributed by atoms with Crippen molar-refractivity contribution in [3.63, 3.8) is 0 Å². The van der Waals surface area contributed by atoms with Gasteiger partial charge >= 0.3 is 26.2 Å². The summed E-state index contributed by atoms with van der Waals surface area (Å²) in [5.41, 5.74) is 6.70. The Balaban J connectivity index is 0.000000194. The van der Waals surface area contributed by atoms with Gasteiger partial charge in [0.15, 0.2) is 13.2 Å². The first-order chi connectivity index (χ1) is 37.7. The lowest BCUT2D eigenvalue weighted by Crippen LogP contribution is -2.63. The summed E-state index contributed by atoms with van der Waals surface area (Å²) in [5.74, 6) is -0.769. The lowest BCUT2D eigenvalue weighted by atomic mass is 9.44. The molecule has 436 valence electrons. The Morgan fingerprint density at radius 1 is 0.700 bits per heavy atom. The Labute approximate surface area is 482 Å². The van der Waals surface area contributed by atoms with Crippen LogP contribution in [0, 0.1) is 68.0 Å². The fourth-order valence-corrected chi connectivity index (χ4v) is 17.8. The number of aryl methyl sites for hydroxylation is 1. The highest BCUT2D eigenvalue weighted by molar-refractivity contribution is 6.66. The number of halogens is 2. The van der Waals surface area contributed by atoms with E-state index in [1.54, 1.807) is 24.3 Å². The van der Waals surface area contributed by atoms with E-state index in [1.165, 1.54) is 0 Å². The molecule has 0 radical (unpaired) electrons. The molecule has 2 aromatic rings. The normalized spacial score (nSPS) is 38.8. The molecule has 8 aliphatic rings. The van der Waals surface area contributed by atoms with Crippen molar-refractivity contribution >= 4 is 71.9 Å². The van der Waals surface area contributed by atoms with Gasteiger partial charge in [0.05, 0.1) is 35.5 Å². The molecule has 0 saturated heterocycles. The van der Waals surface area contributed by atoms with Crippen molar-refractivity contribution in [2.24, 2.45) is 73.7 Å². The van der Waals surface area contributed by atoms with E-state index < -0.39 is 78.9 Å². The molecule has 19 heteroatoms. The maximum Gasteiger partial charge on any atom is 0.493 e. The van der Waals surface area contributed by atoms with Crippen LogP contribution in [0.1, 0.15) is 149 Å². The average Bonchev–Trinajstić information content (AvgIpc) is 4.36. The largest absolute Gasteiger partial charge is 0.493 e. The van der Waals surface area contributed by atoms with Gasteiger partial charge in [-0.3, -0.25) is 9.59 Å². The fourth-order valence-electron chi connectivity index (χ4n) is 17.2. The second kappa shape index (κ2) is 22.3. The van der Waals surface area contributed by atoms with Gasteiger partial charge in [-0.1, -0.05) is 97.7 Å². The van der Waals surface area contributed by atoms with Crippen LogP contribution in [0.2, 0.25) is 10.0 Å². The van der Waals surface area contributed by atoms with Crippen LogP contribution >= 0.6 is 23.2 Å². The molecule has 0 unspecified atom stereocenters. The van der Waals surface area contributed by atoms with E-state index in [-0.39, 0.29) is 100 Å². The average molecular weight is 1150 g/mol. The van der Waals surface area contributed by atoms with Crippen LogP contribution in [-0.2, 0) is 64.1 Å². The summed E-state index contributed by atoms with van der Waals surface area (Å²) in [4.78, 5) is 54.0. The molecule has 15 nitrogen and oxygen atoms in total. The topological polar surface area (TPSA) is 231 Å². The number of carbonyl (C=O) groups is 4. The summed E-state index contributed by atoms with van der Waals surface area (Å²) in [7, 11) is -2.33. The minimum atomic E-state index is -1.19. The summed E-state index contributed by atoms with van der Waals surface area (Å²) in [6, 6.07) is 3.45. The molecule has 6 saturated carbocycles. The summed E-state index contributed by atoms with van der Waals surface area (Å²) < 4.78 is 34.9. The minimum absolute atomic E-state index is 0.0900. The smallest absolute Gasteiger partial charge is 0.480 e. The Morgan fingerprint density at radius 3 is 1.46 bits per heavy atom. The standard InChI is InChI=1S/C31H42BClO7.C30H41BClNO7/c1-7-19-13-22(26(33)25-20(19)15-39-32(25)37)38-16-24(35)40-23-14-29(5,8-2)28(36)18(4)31-11-9-17(3)30(23,6)27(31)21(34)10-12-31;1-6-28(4)12-22(29(5)16(2)7-9-30(17(3)27(28)36)10-8-20(34)26(29)30)40-23(35)15-38-21-11-18(13-33)19-14-39-31(37)24(19)25(21)32/h8,13,17-18,23,27-28,36-37H,2,7,9-12,14-16H2,1,3-6H3;6,11,16-17,22,26-27,36-37H,1,7-10,12-15,33H2,2-5H3/t17-,18+,23-,27+,28+,29-,30+,31+;16-,17+,22-,26+,27+,28-,29+,30+/m11/s1. The number of benzene rings is 2. The number of hydrogen-bond acceptors (Lipinski definition) is 15. The van der Waals surface area contributed by atoms with Gasteiger partial charge < -0.3 is 54.3 Å². The predicted octanol–water partition coefficient (Wildman–Crippen LogP) is 7.71. The second-order valence-electron chi connectivity index (χ2n) is 26.1. The van der Waals surface area contributed by atoms with Crippen LogP contribution in [-0.4, -0.2) is 95.6 Å². The number of ketones is 2. The number of Topliss-reactive ketones (excluding diaryl/α,β-unsaturated/α-hetero) is 2. The SMILES string of the molecule is C=C[C@]1(C)C[C@@H](OC(=O)COc2cc(CC)c3c(c2Cl)B(O)OC3)[C@]2(C)[C@H](C)CC[C@]3(CCC(=O)[C@H]32)[C@@H](C)[C@@H]1O.C=C[C@]1(C)C[C@@H](OC(=O)COc2cc(CN)c3c(c2Cl)B(O)OC3)[C@]2(C)[C@H](C)CC[C@]3(CCC(=O)[C@H]32)[C@@H](C)[C@@H]1O. The summed E-state index contributed by atoms with van der Waals surface area (Å²) in [6.45, 7) is 26.5. The molecule has 2 heterocycles. The van der Waals surface area contributed by atoms with E-state index in [9.17, 15) is 39.4 Å². The zero-order valence-corrected chi connectivity index (χ0v) is 49.7. The molecule has 2 aliphatic heterocycles. The number of ether oxygens (including phenoxy) is 4. The molecule has 0 spiro atoms. The number of esters is 2. The summed E-state index contributed by atoms with van der Waals surface area (Å²) in [6.07, 6.45) is 8.23. The molecule has 6 aliphatic carbocycles. The van der Waals surface area contributed by atoms with Crippen LogP contribution in [0.25, 0.3) is 0 Å². The van der Waals surface area contributed by atoms with Crippen LogP contribution in [0.4, 0.5) is 0 Å². The number of carbonyl (C=O) groups excluding carboxylic acids is 4. The Hall–Kier alpha value is -3.77. The molecular formula is C61H83B2Cl2NO14. The Bertz CT molecular complexity index is 2630. The van der Waals surface area contributed by atoms with Gasteiger partial charge in [0, 0.05) is 63.8 Å². The molecule has 80 heavy (non-hydrogen) atoms. The van der Waals surface area contributed by atoms with Gasteiger partial charge in [-0.2, -0.15) is 0 Å². The lowest BCUT2D eigenvalue weighted by Gasteiger charge is -2.61. The number of hydrogen-bond donors (Lipinski definition) is 5. The Kier molecular flexibility index (Phi) is 17.0. The van der Waals surface area contributed by atoms with Gasteiger partial charge in [0.1, 0.15) is 35.3 Å². The van der Waals surface area contributed by atoms with Crippen LogP contribution in [0.3, 0.4) is 0 Å². The van der Waals surface area contributed by atoms with Gasteiger partial charge in [-0.05, 0) is 127 Å². The molecular weight excluding hydrogens is 1060 g/mol. The second-order valence-corrected chi connectivity index (χ2v) is 26.8. The van der Waals surface area contributed by atoms with Crippen LogP contribution in [0.5, 0.6) is 11.5 Å². The van der Waals surface area contributed by atoms with Gasteiger partial charge in [0.2, 0.25) is 0 Å². The number of aliphatic hydroxyl groups is 2. The monoisotopic (exact) mass is 1150 g/mol. The van der Waals surface area contributed by atoms with Crippen molar-refractivity contribution in [3.8, 4) is 11.5 Å². The zero-order chi connectivity index (χ0) is 58.4. The molecule has 16 atom stereocenters. The number of rotatable bonds is 12. The highest BCUT2D eigenvalue weighted by Crippen LogP contribution is 2.70. The zero-order valence-electron chi connectivity index (χ0n) is 48.2. The van der Waals surface area contributed by atoms with E-state index in [0.717, 1.165) is 55.2 Å². The van der Waals surface area contributed by atoms with Crippen molar-refractivity contribution in [3.05, 3.63) is 69.7 Å².